The van der Waals surface area contributed by atoms with Crippen LogP contribution in [0.2, 0.25) is 0 Å². The Morgan fingerprint density at radius 1 is 0.939 bits per heavy atom. The fourth-order valence-electron chi connectivity index (χ4n) is 3.61. The number of sulfonamides is 1. The number of amides is 1. The first kappa shape index (κ1) is 23.0. The van der Waals surface area contributed by atoms with Crippen molar-refractivity contribution in [3.8, 4) is 0 Å². The van der Waals surface area contributed by atoms with Gasteiger partial charge in [-0.1, -0.05) is 12.1 Å². The third kappa shape index (κ3) is 5.09. The number of rotatable bonds is 5. The maximum Gasteiger partial charge on any atom is 0.416 e. The summed E-state index contributed by atoms with van der Waals surface area (Å²) in [5.41, 5.74) is 0.577. The van der Waals surface area contributed by atoms with Crippen molar-refractivity contribution in [3.05, 3.63) is 83.7 Å². The predicted molar refractivity (Wildman–Crippen MR) is 114 cm³/mol. The average Bonchev–Trinajstić information content (AvgIpc) is 3.32. The zero-order chi connectivity index (χ0) is 23.6. The minimum absolute atomic E-state index is 0.0620. The second-order valence-electron chi connectivity index (χ2n) is 7.62. The molecule has 0 spiro atoms. The van der Waals surface area contributed by atoms with Gasteiger partial charge in [-0.25, -0.2) is 8.42 Å². The number of benzene rings is 2. The number of alkyl halides is 3. The summed E-state index contributed by atoms with van der Waals surface area (Å²) in [6, 6.07) is 12.4. The number of halogens is 3. The SMILES string of the molecule is O=C(c1ccc(Cn2cccn2)cc1)N1CCN(S(=O)(=O)c2ccc(C(F)(F)F)cc2)CC1. The lowest BCUT2D eigenvalue weighted by Crippen LogP contribution is -2.50. The minimum Gasteiger partial charge on any atom is -0.336 e. The molecule has 1 fully saturated rings. The summed E-state index contributed by atoms with van der Waals surface area (Å²) in [7, 11) is -3.95. The molecule has 11 heteroatoms. The van der Waals surface area contributed by atoms with Gasteiger partial charge in [0.25, 0.3) is 5.91 Å². The van der Waals surface area contributed by atoms with E-state index in [-0.39, 0.29) is 37.0 Å². The molecular formula is C22H21F3N4O3S. The van der Waals surface area contributed by atoms with Crippen LogP contribution in [0.1, 0.15) is 21.5 Å². The van der Waals surface area contributed by atoms with Crippen LogP contribution in [0.15, 0.2) is 71.9 Å². The number of aromatic nitrogens is 2. The summed E-state index contributed by atoms with van der Waals surface area (Å²) in [5, 5.41) is 4.14. The van der Waals surface area contributed by atoms with E-state index in [2.05, 4.69) is 5.10 Å². The van der Waals surface area contributed by atoms with Crippen LogP contribution in [0.25, 0.3) is 0 Å². The number of piperazine rings is 1. The van der Waals surface area contributed by atoms with Crippen molar-refractivity contribution in [2.45, 2.75) is 17.6 Å². The van der Waals surface area contributed by atoms with E-state index in [1.54, 1.807) is 27.9 Å². The van der Waals surface area contributed by atoms with Gasteiger partial charge in [0.15, 0.2) is 0 Å². The van der Waals surface area contributed by atoms with Gasteiger partial charge in [0.05, 0.1) is 17.0 Å². The molecule has 0 radical (unpaired) electrons. The largest absolute Gasteiger partial charge is 0.416 e. The third-order valence-corrected chi connectivity index (χ3v) is 7.36. The first-order valence-corrected chi connectivity index (χ1v) is 11.6. The summed E-state index contributed by atoms with van der Waals surface area (Å²) < 4.78 is 66.8. The Morgan fingerprint density at radius 3 is 2.12 bits per heavy atom. The van der Waals surface area contributed by atoms with Gasteiger partial charge < -0.3 is 4.90 Å². The van der Waals surface area contributed by atoms with Crippen LogP contribution >= 0.6 is 0 Å². The molecule has 2 heterocycles. The number of hydrogen-bond acceptors (Lipinski definition) is 4. The van der Waals surface area contributed by atoms with Gasteiger partial charge in [-0.2, -0.15) is 22.6 Å². The Hall–Kier alpha value is -3.18. The highest BCUT2D eigenvalue weighted by Crippen LogP contribution is 2.30. The molecular weight excluding hydrogens is 457 g/mol. The summed E-state index contributed by atoms with van der Waals surface area (Å²) in [4.78, 5) is 14.2. The lowest BCUT2D eigenvalue weighted by atomic mass is 10.1. The summed E-state index contributed by atoms with van der Waals surface area (Å²) in [5.74, 6) is -0.202. The third-order valence-electron chi connectivity index (χ3n) is 5.45. The van der Waals surface area contributed by atoms with E-state index < -0.39 is 21.8 Å². The molecule has 3 aromatic rings. The Balaban J connectivity index is 1.37. The number of hydrogen-bond donors (Lipinski definition) is 0. The zero-order valence-electron chi connectivity index (χ0n) is 17.4. The predicted octanol–water partition coefficient (Wildman–Crippen LogP) is 3.10. The zero-order valence-corrected chi connectivity index (χ0v) is 18.3. The molecule has 174 valence electrons. The maximum atomic E-state index is 12.8. The number of carbonyl (C=O) groups is 1. The van der Waals surface area contributed by atoms with Gasteiger partial charge in [0.1, 0.15) is 0 Å². The highest BCUT2D eigenvalue weighted by Gasteiger charge is 2.33. The lowest BCUT2D eigenvalue weighted by molar-refractivity contribution is -0.137. The fraction of sp³-hybridized carbons (Fsp3) is 0.273. The van der Waals surface area contributed by atoms with Crippen molar-refractivity contribution in [1.29, 1.82) is 0 Å². The van der Waals surface area contributed by atoms with Crippen LogP contribution in [0, 0.1) is 0 Å². The molecule has 0 unspecified atom stereocenters. The molecule has 0 bridgehead atoms. The fourth-order valence-corrected chi connectivity index (χ4v) is 5.04. The van der Waals surface area contributed by atoms with E-state index in [9.17, 15) is 26.4 Å². The molecule has 4 rings (SSSR count). The molecule has 33 heavy (non-hydrogen) atoms. The molecule has 7 nitrogen and oxygen atoms in total. The summed E-state index contributed by atoms with van der Waals surface area (Å²) >= 11 is 0. The van der Waals surface area contributed by atoms with E-state index in [4.69, 9.17) is 0 Å². The van der Waals surface area contributed by atoms with Crippen LogP contribution in [0.5, 0.6) is 0 Å². The Kier molecular flexibility index (Phi) is 6.26. The van der Waals surface area contributed by atoms with E-state index in [1.807, 2.05) is 24.4 Å². The van der Waals surface area contributed by atoms with Crippen LogP contribution in [-0.4, -0.2) is 59.5 Å². The van der Waals surface area contributed by atoms with E-state index in [0.29, 0.717) is 12.1 Å². The van der Waals surface area contributed by atoms with Gasteiger partial charge in [-0.15, -0.1) is 0 Å². The first-order valence-electron chi connectivity index (χ1n) is 10.2. The van der Waals surface area contributed by atoms with Crippen molar-refractivity contribution in [1.82, 2.24) is 19.0 Å². The van der Waals surface area contributed by atoms with Crippen molar-refractivity contribution >= 4 is 15.9 Å². The van der Waals surface area contributed by atoms with Crippen molar-refractivity contribution in [2.75, 3.05) is 26.2 Å². The molecule has 1 saturated heterocycles. The van der Waals surface area contributed by atoms with Crippen molar-refractivity contribution in [3.63, 3.8) is 0 Å². The van der Waals surface area contributed by atoms with Gasteiger partial charge in [-0.3, -0.25) is 9.48 Å². The van der Waals surface area contributed by atoms with Crippen molar-refractivity contribution < 1.29 is 26.4 Å². The van der Waals surface area contributed by atoms with E-state index in [0.717, 1.165) is 29.8 Å². The van der Waals surface area contributed by atoms with E-state index >= 15 is 0 Å². The monoisotopic (exact) mass is 478 g/mol. The molecule has 1 aromatic heterocycles. The highest BCUT2D eigenvalue weighted by atomic mass is 32.2. The summed E-state index contributed by atoms with van der Waals surface area (Å²) in [6.45, 7) is 1.09. The average molecular weight is 478 g/mol. The molecule has 2 aromatic carbocycles. The maximum absolute atomic E-state index is 12.8. The second kappa shape index (κ2) is 8.99. The molecule has 1 amide bonds. The Morgan fingerprint density at radius 2 is 1.58 bits per heavy atom. The van der Waals surface area contributed by atoms with Gasteiger partial charge in [0.2, 0.25) is 10.0 Å². The first-order chi connectivity index (χ1) is 15.6. The standard InChI is InChI=1S/C22H21F3N4O3S/c23-22(24,25)19-6-8-20(9-7-19)33(31,32)29-14-12-27(13-15-29)21(30)18-4-2-17(3-5-18)16-28-11-1-10-26-28/h1-11H,12-16H2. The minimum atomic E-state index is -4.54. The van der Waals surface area contributed by atoms with Crippen LogP contribution in [0.4, 0.5) is 13.2 Å². The normalized spacial score (nSPS) is 15.5. The Bertz CT molecular complexity index is 1200. The van der Waals surface area contributed by atoms with Gasteiger partial charge in [0, 0.05) is 44.1 Å². The van der Waals surface area contributed by atoms with Crippen LogP contribution < -0.4 is 0 Å². The number of nitrogens with zero attached hydrogens (tertiary/aromatic N) is 4. The van der Waals surface area contributed by atoms with Crippen molar-refractivity contribution in [2.24, 2.45) is 0 Å². The molecule has 0 atom stereocenters. The second-order valence-corrected chi connectivity index (χ2v) is 9.56. The van der Waals surface area contributed by atoms with Crippen LogP contribution in [0.3, 0.4) is 0 Å². The van der Waals surface area contributed by atoms with Crippen LogP contribution in [-0.2, 0) is 22.7 Å². The number of carbonyl (C=O) groups excluding carboxylic acids is 1. The lowest BCUT2D eigenvalue weighted by Gasteiger charge is -2.34. The molecule has 0 N–H and O–H groups in total. The summed E-state index contributed by atoms with van der Waals surface area (Å²) in [6.07, 6.45) is -1.00. The Labute approximate surface area is 189 Å². The molecule has 0 saturated carbocycles. The quantitative estimate of drug-likeness (QED) is 0.565. The van der Waals surface area contributed by atoms with Gasteiger partial charge >= 0.3 is 6.18 Å². The highest BCUT2D eigenvalue weighted by molar-refractivity contribution is 7.89. The van der Waals surface area contributed by atoms with Gasteiger partial charge in [-0.05, 0) is 48.0 Å². The topological polar surface area (TPSA) is 75.5 Å². The smallest absolute Gasteiger partial charge is 0.336 e. The van der Waals surface area contributed by atoms with E-state index in [1.165, 1.54) is 4.31 Å². The molecule has 1 aliphatic rings. The molecule has 1 aliphatic heterocycles. The molecule has 0 aliphatic carbocycles.